The molecule has 162 valence electrons. The van der Waals surface area contributed by atoms with Crippen LogP contribution in [0.2, 0.25) is 0 Å². The Kier molecular flexibility index (Phi) is 10.9. The minimum Gasteiger partial charge on any atom is -0.273 e. The van der Waals surface area contributed by atoms with Crippen LogP contribution in [0, 0.1) is 0 Å². The second-order valence-corrected chi connectivity index (χ2v) is 11.5. The average molecular weight is 576 g/mol. The minimum atomic E-state index is -0.0901. The summed E-state index contributed by atoms with van der Waals surface area (Å²) in [5.74, 6) is -0.180. The predicted octanol–water partition coefficient (Wildman–Crippen LogP) is 6.06. The molecule has 0 fully saturated rings. The van der Waals surface area contributed by atoms with Gasteiger partial charge in [0.1, 0.15) is 0 Å². The van der Waals surface area contributed by atoms with Gasteiger partial charge in [-0.2, -0.15) is 10.2 Å². The quantitative estimate of drug-likeness (QED) is 0.194. The number of unbranched alkanes of at least 4 members (excludes halogenated alkanes) is 3. The fraction of sp³-hybridized carbons (Fsp3) is 0.400. The van der Waals surface area contributed by atoms with Crippen LogP contribution in [0.5, 0.6) is 0 Å². The van der Waals surface area contributed by atoms with Crippen molar-refractivity contribution in [1.29, 1.82) is 0 Å². The molecule has 10 heteroatoms. The van der Waals surface area contributed by atoms with Crippen LogP contribution in [0.3, 0.4) is 0 Å². The molecule has 30 heavy (non-hydrogen) atoms. The van der Waals surface area contributed by atoms with E-state index >= 15 is 0 Å². The van der Waals surface area contributed by atoms with E-state index in [0.29, 0.717) is 12.8 Å². The van der Waals surface area contributed by atoms with Crippen molar-refractivity contribution in [3.63, 3.8) is 0 Å². The molecule has 0 aliphatic heterocycles. The van der Waals surface area contributed by atoms with Gasteiger partial charge in [-0.05, 0) is 82.8 Å². The topological polar surface area (TPSA) is 82.9 Å². The van der Waals surface area contributed by atoms with E-state index in [2.05, 4.69) is 52.9 Å². The van der Waals surface area contributed by atoms with Crippen molar-refractivity contribution in [2.45, 2.75) is 52.4 Å². The Bertz CT molecular complexity index is 847. The zero-order chi connectivity index (χ0) is 21.9. The largest absolute Gasteiger partial charge is 0.273 e. The highest BCUT2D eigenvalue weighted by Crippen LogP contribution is 2.23. The van der Waals surface area contributed by atoms with Gasteiger partial charge in [-0.25, -0.2) is 10.9 Å². The molecule has 2 aromatic rings. The molecule has 0 saturated heterocycles. The Balaban J connectivity index is 1.54. The zero-order valence-corrected chi connectivity index (χ0v) is 21.6. The zero-order valence-electron chi connectivity index (χ0n) is 16.8. The molecule has 0 bridgehead atoms. The van der Waals surface area contributed by atoms with Gasteiger partial charge < -0.3 is 0 Å². The number of thiophene rings is 2. The first-order valence-corrected chi connectivity index (χ1v) is 12.7. The van der Waals surface area contributed by atoms with Crippen molar-refractivity contribution < 1.29 is 9.59 Å². The van der Waals surface area contributed by atoms with Crippen LogP contribution in [0.1, 0.15) is 62.1 Å². The molecule has 0 aliphatic carbocycles. The van der Waals surface area contributed by atoms with Gasteiger partial charge in [0.15, 0.2) is 0 Å². The number of halogens is 2. The molecule has 0 atom stereocenters. The minimum absolute atomic E-state index is 0.0901. The smallest absolute Gasteiger partial charge is 0.240 e. The lowest BCUT2D eigenvalue weighted by Crippen LogP contribution is -2.19. The fourth-order valence-electron chi connectivity index (χ4n) is 2.46. The fourth-order valence-corrected chi connectivity index (χ4v) is 5.12. The lowest BCUT2D eigenvalue weighted by atomic mass is 10.1. The van der Waals surface area contributed by atoms with Gasteiger partial charge >= 0.3 is 0 Å². The second-order valence-electron chi connectivity index (χ2n) is 6.59. The molecule has 0 unspecified atom stereocenters. The number of nitrogens with one attached hydrogen (secondary N) is 2. The van der Waals surface area contributed by atoms with Crippen LogP contribution in [0.4, 0.5) is 0 Å². The molecule has 2 aromatic heterocycles. The van der Waals surface area contributed by atoms with E-state index in [4.69, 9.17) is 0 Å². The molecule has 2 rings (SSSR count). The molecular weight excluding hydrogens is 552 g/mol. The second kappa shape index (κ2) is 13.1. The Morgan fingerprint density at radius 1 is 0.767 bits per heavy atom. The molecule has 0 aromatic carbocycles. The third kappa shape index (κ3) is 9.20. The maximum atomic E-state index is 11.9. The van der Waals surface area contributed by atoms with Gasteiger partial charge in [0, 0.05) is 12.8 Å². The normalized spacial score (nSPS) is 12.1. The molecule has 0 radical (unpaired) electrons. The molecule has 6 nitrogen and oxygen atoms in total. The van der Waals surface area contributed by atoms with Crippen LogP contribution < -0.4 is 10.9 Å². The van der Waals surface area contributed by atoms with Gasteiger partial charge in [-0.3, -0.25) is 9.59 Å². The highest BCUT2D eigenvalue weighted by molar-refractivity contribution is 9.11. The number of carbonyl (C=O) groups is 2. The first-order valence-electron chi connectivity index (χ1n) is 9.53. The summed E-state index contributed by atoms with van der Waals surface area (Å²) in [5.41, 5.74) is 6.78. The molecule has 0 saturated carbocycles. The highest BCUT2D eigenvalue weighted by Gasteiger charge is 2.06. The van der Waals surface area contributed by atoms with Gasteiger partial charge in [0.25, 0.3) is 0 Å². The number of rotatable bonds is 11. The lowest BCUT2D eigenvalue weighted by Gasteiger charge is -2.03. The standard InChI is InChI=1S/C20H24Br2N4O2S2/c1-13(15-9-11-17(21)29-15)23-25-19(27)7-5-3-4-6-8-20(28)26-24-14(2)16-10-12-18(22)30-16/h9-12H,3-8H2,1-2H3,(H,25,27)(H,26,28)/b23-13+,24-14+. The Morgan fingerprint density at radius 2 is 1.17 bits per heavy atom. The average Bonchev–Trinajstić information content (AvgIpc) is 3.35. The molecular formula is C20H24Br2N4O2S2. The van der Waals surface area contributed by atoms with Crippen molar-refractivity contribution in [1.82, 2.24) is 10.9 Å². The maximum absolute atomic E-state index is 11.9. The summed E-state index contributed by atoms with van der Waals surface area (Å²) in [6.45, 7) is 3.74. The number of carbonyl (C=O) groups excluding carboxylic acids is 2. The van der Waals surface area contributed by atoms with E-state index < -0.39 is 0 Å². The number of hydrogen-bond donors (Lipinski definition) is 2. The monoisotopic (exact) mass is 574 g/mol. The summed E-state index contributed by atoms with van der Waals surface area (Å²) < 4.78 is 2.06. The molecule has 0 spiro atoms. The van der Waals surface area contributed by atoms with Gasteiger partial charge in [0.2, 0.25) is 11.8 Å². The predicted molar refractivity (Wildman–Crippen MR) is 132 cm³/mol. The van der Waals surface area contributed by atoms with Crippen LogP contribution in [-0.2, 0) is 9.59 Å². The number of hydrogen-bond acceptors (Lipinski definition) is 6. The van der Waals surface area contributed by atoms with E-state index in [1.54, 1.807) is 22.7 Å². The Labute approximate surface area is 201 Å². The summed E-state index contributed by atoms with van der Waals surface area (Å²) in [5, 5.41) is 8.29. The highest BCUT2D eigenvalue weighted by atomic mass is 79.9. The maximum Gasteiger partial charge on any atom is 0.240 e. The van der Waals surface area contributed by atoms with Crippen molar-refractivity contribution in [2.75, 3.05) is 0 Å². The van der Waals surface area contributed by atoms with Gasteiger partial charge in [0.05, 0.1) is 28.8 Å². The van der Waals surface area contributed by atoms with Crippen molar-refractivity contribution in [3.8, 4) is 0 Å². The van der Waals surface area contributed by atoms with Crippen LogP contribution in [0.15, 0.2) is 42.0 Å². The van der Waals surface area contributed by atoms with Gasteiger partial charge in [-0.1, -0.05) is 12.8 Å². The number of amides is 2. The van der Waals surface area contributed by atoms with E-state index in [1.165, 1.54) is 0 Å². The third-order valence-corrected chi connectivity index (χ3v) is 7.58. The molecule has 2 N–H and O–H groups in total. The van der Waals surface area contributed by atoms with Crippen LogP contribution >= 0.6 is 54.5 Å². The van der Waals surface area contributed by atoms with Crippen molar-refractivity contribution in [2.24, 2.45) is 10.2 Å². The van der Waals surface area contributed by atoms with Crippen LogP contribution in [-0.4, -0.2) is 23.2 Å². The summed E-state index contributed by atoms with van der Waals surface area (Å²) in [6.07, 6.45) is 4.20. The summed E-state index contributed by atoms with van der Waals surface area (Å²) in [4.78, 5) is 25.8. The lowest BCUT2D eigenvalue weighted by molar-refractivity contribution is -0.122. The Morgan fingerprint density at radius 3 is 1.50 bits per heavy atom. The first-order chi connectivity index (χ1) is 14.3. The molecule has 0 aliphatic rings. The Hall–Kier alpha value is -1.36. The summed E-state index contributed by atoms with van der Waals surface area (Å²) in [7, 11) is 0. The van der Waals surface area contributed by atoms with Crippen LogP contribution in [0.25, 0.3) is 0 Å². The SMILES string of the molecule is C/C(=N\NC(=O)CCCCCCC(=O)N/N=C(\C)c1ccc(Br)s1)c1ccc(Br)s1. The number of nitrogens with zero attached hydrogens (tertiary/aromatic N) is 2. The summed E-state index contributed by atoms with van der Waals surface area (Å²) in [6, 6.07) is 7.84. The summed E-state index contributed by atoms with van der Waals surface area (Å²) >= 11 is 9.97. The van der Waals surface area contributed by atoms with Crippen molar-refractivity contribution >= 4 is 77.8 Å². The van der Waals surface area contributed by atoms with E-state index in [-0.39, 0.29) is 11.8 Å². The third-order valence-electron chi connectivity index (χ3n) is 4.11. The molecule has 2 amide bonds. The van der Waals surface area contributed by atoms with E-state index in [1.807, 2.05) is 38.1 Å². The number of hydrazone groups is 2. The van der Waals surface area contributed by atoms with E-state index in [9.17, 15) is 9.59 Å². The molecule has 2 heterocycles. The van der Waals surface area contributed by atoms with E-state index in [0.717, 1.165) is 54.4 Å². The first kappa shape index (κ1) is 24.9. The van der Waals surface area contributed by atoms with Crippen molar-refractivity contribution in [3.05, 3.63) is 41.6 Å². The van der Waals surface area contributed by atoms with Gasteiger partial charge in [-0.15, -0.1) is 22.7 Å².